The van der Waals surface area contributed by atoms with Gasteiger partial charge < -0.3 is 14.0 Å². The highest BCUT2D eigenvalue weighted by Crippen LogP contribution is 2.43. The zero-order valence-electron chi connectivity index (χ0n) is 22.0. The van der Waals surface area contributed by atoms with Gasteiger partial charge in [0.2, 0.25) is 0 Å². The molecule has 7 nitrogen and oxygen atoms in total. The second kappa shape index (κ2) is 11.0. The monoisotopic (exact) mass is 560 g/mol. The van der Waals surface area contributed by atoms with E-state index in [4.69, 9.17) is 4.42 Å². The van der Waals surface area contributed by atoms with E-state index in [1.165, 1.54) is 12.1 Å². The van der Waals surface area contributed by atoms with Crippen LogP contribution in [0.2, 0.25) is 0 Å². The minimum atomic E-state index is -3.09. The fourth-order valence-electron chi connectivity index (χ4n) is 5.84. The molecule has 204 valence electrons. The first-order valence-corrected chi connectivity index (χ1v) is 15.8. The van der Waals surface area contributed by atoms with Gasteiger partial charge in [0.05, 0.1) is 17.8 Å². The van der Waals surface area contributed by atoms with E-state index < -0.39 is 10.4 Å². The van der Waals surface area contributed by atoms with Gasteiger partial charge in [-0.05, 0) is 78.6 Å². The summed E-state index contributed by atoms with van der Waals surface area (Å²) >= 11 is 1.56. The predicted octanol–water partition coefficient (Wildman–Crippen LogP) is 6.32. The SMILES string of the molecule is CNC(=O)c1c(-c2ccc(F)cc2)oc2cc(N(C)SC)c([C@H]3CCCN([S+](=O)(O)C4CCCC4)C3)cc12. The summed E-state index contributed by atoms with van der Waals surface area (Å²) < 4.78 is 48.4. The van der Waals surface area contributed by atoms with Gasteiger partial charge in [-0.2, -0.15) is 4.55 Å². The molecular weight excluding hydrogens is 525 g/mol. The molecule has 1 amide bonds. The Kier molecular flexibility index (Phi) is 7.86. The number of halogens is 1. The lowest BCUT2D eigenvalue weighted by Gasteiger charge is -2.33. The van der Waals surface area contributed by atoms with Crippen molar-refractivity contribution in [1.82, 2.24) is 9.62 Å². The molecule has 1 saturated carbocycles. The number of hydrogen-bond acceptors (Lipinski definition) is 5. The fourth-order valence-corrected chi connectivity index (χ4v) is 8.35. The normalized spacial score (nSPS) is 20.5. The van der Waals surface area contributed by atoms with E-state index in [0.29, 0.717) is 40.9 Å². The molecule has 3 aromatic rings. The largest absolute Gasteiger partial charge is 0.455 e. The number of rotatable bonds is 7. The third-order valence-electron chi connectivity index (χ3n) is 7.94. The number of carbonyl (C=O) groups excluding carboxylic acids is 1. The molecule has 1 aromatic heterocycles. The van der Waals surface area contributed by atoms with E-state index >= 15 is 0 Å². The number of nitrogens with zero attached hydrogens (tertiary/aromatic N) is 2. The summed E-state index contributed by atoms with van der Waals surface area (Å²) in [7, 11) is 0.461. The minimum absolute atomic E-state index is 0.0221. The molecule has 2 fully saturated rings. The minimum Gasteiger partial charge on any atom is -0.455 e. The zero-order chi connectivity index (χ0) is 27.0. The smallest absolute Gasteiger partial charge is 0.294 e. The van der Waals surface area contributed by atoms with Crippen LogP contribution in [0.3, 0.4) is 0 Å². The molecule has 2 heterocycles. The van der Waals surface area contributed by atoms with Crippen molar-refractivity contribution in [2.75, 3.05) is 37.7 Å². The Morgan fingerprint density at radius 1 is 1.18 bits per heavy atom. The standard InChI is InChI=1S/C28H34FN3O4S2/c1-30-28(33)26-23-15-22(19-7-6-14-32(17-19)38(34,35)21-8-4-5-9-21)24(31(2)37-3)16-25(23)36-27(26)18-10-12-20(29)13-11-18/h10-13,15-16,19,21H,4-9,14,17H2,1-3H3,(H-,30,33,34,35)/p+1/t19-/m0/s1. The number of piperidine rings is 1. The van der Waals surface area contributed by atoms with Gasteiger partial charge in [-0.1, -0.05) is 16.3 Å². The maximum Gasteiger partial charge on any atom is 0.294 e. The zero-order valence-corrected chi connectivity index (χ0v) is 23.7. The molecule has 1 aliphatic heterocycles. The van der Waals surface area contributed by atoms with Crippen LogP contribution in [-0.4, -0.2) is 53.5 Å². The summed E-state index contributed by atoms with van der Waals surface area (Å²) in [5, 5.41) is 3.23. The van der Waals surface area contributed by atoms with Gasteiger partial charge in [-0.3, -0.25) is 4.79 Å². The highest BCUT2D eigenvalue weighted by molar-refractivity contribution is 7.99. The number of carbonyl (C=O) groups is 1. The molecule has 5 rings (SSSR count). The van der Waals surface area contributed by atoms with Gasteiger partial charge >= 0.3 is 0 Å². The van der Waals surface area contributed by atoms with E-state index in [2.05, 4.69) is 9.62 Å². The van der Waals surface area contributed by atoms with Crippen LogP contribution >= 0.6 is 11.9 Å². The molecule has 2 aromatic carbocycles. The summed E-state index contributed by atoms with van der Waals surface area (Å²) in [4.78, 5) is 13.1. The third kappa shape index (κ3) is 4.99. The molecule has 2 N–H and O–H groups in total. The first-order valence-electron chi connectivity index (χ1n) is 13.1. The Balaban J connectivity index is 1.62. The average molecular weight is 561 g/mol. The second-order valence-electron chi connectivity index (χ2n) is 10.2. The maximum absolute atomic E-state index is 13.6. The van der Waals surface area contributed by atoms with E-state index in [0.717, 1.165) is 49.8 Å². The molecule has 0 bridgehead atoms. The van der Waals surface area contributed by atoms with Gasteiger partial charge in [0, 0.05) is 49.8 Å². The van der Waals surface area contributed by atoms with Crippen LogP contribution in [0, 0.1) is 5.82 Å². The number of hydrogen-bond donors (Lipinski definition) is 2. The molecule has 10 heteroatoms. The molecule has 2 aliphatic rings. The first-order chi connectivity index (χ1) is 18.2. The molecule has 38 heavy (non-hydrogen) atoms. The van der Waals surface area contributed by atoms with E-state index in [1.54, 1.807) is 31.1 Å². The number of anilines is 1. The highest BCUT2D eigenvalue weighted by Gasteiger charge is 2.47. The topological polar surface area (TPSA) is 86.0 Å². The average Bonchev–Trinajstić information content (AvgIpc) is 3.61. The lowest BCUT2D eigenvalue weighted by atomic mass is 9.89. The highest BCUT2D eigenvalue weighted by atomic mass is 32.3. The molecule has 1 saturated heterocycles. The molecule has 1 unspecified atom stereocenters. The van der Waals surface area contributed by atoms with Crippen molar-refractivity contribution < 1.29 is 22.4 Å². The maximum atomic E-state index is 13.6. The van der Waals surface area contributed by atoms with Gasteiger partial charge in [0.1, 0.15) is 17.2 Å². The lowest BCUT2D eigenvalue weighted by Crippen LogP contribution is -2.47. The first kappa shape index (κ1) is 27.2. The van der Waals surface area contributed by atoms with Crippen molar-refractivity contribution >= 4 is 44.9 Å². The number of furan rings is 1. The Labute approximate surface area is 228 Å². The number of nitrogens with one attached hydrogen (secondary N) is 1. The fraction of sp³-hybridized carbons (Fsp3) is 0.464. The Bertz CT molecular complexity index is 1370. The molecule has 1 aliphatic carbocycles. The van der Waals surface area contributed by atoms with E-state index in [9.17, 15) is 17.9 Å². The van der Waals surface area contributed by atoms with Crippen LogP contribution in [0.25, 0.3) is 22.3 Å². The van der Waals surface area contributed by atoms with Crippen LogP contribution in [-0.2, 0) is 14.6 Å². The summed E-state index contributed by atoms with van der Waals surface area (Å²) in [5.41, 5.74) is 3.55. The van der Waals surface area contributed by atoms with Crippen molar-refractivity contribution in [3.8, 4) is 11.3 Å². The van der Waals surface area contributed by atoms with Crippen LogP contribution in [0.15, 0.2) is 40.8 Å². The summed E-state index contributed by atoms with van der Waals surface area (Å²) in [6, 6.07) is 9.88. The number of amides is 1. The summed E-state index contributed by atoms with van der Waals surface area (Å²) in [5.74, 6) is -0.240. The number of fused-ring (bicyclic) bond motifs is 1. The molecule has 0 spiro atoms. The van der Waals surface area contributed by atoms with E-state index in [-0.39, 0.29) is 22.9 Å². The Morgan fingerprint density at radius 3 is 2.55 bits per heavy atom. The van der Waals surface area contributed by atoms with Crippen molar-refractivity contribution in [1.29, 1.82) is 0 Å². The third-order valence-corrected chi connectivity index (χ3v) is 11.1. The molecular formula is C28H35FN3O4S2+. The van der Waals surface area contributed by atoms with Crippen molar-refractivity contribution in [2.24, 2.45) is 0 Å². The Hall–Kier alpha value is -2.40. The van der Waals surface area contributed by atoms with Crippen LogP contribution in [0.4, 0.5) is 10.1 Å². The van der Waals surface area contributed by atoms with Crippen molar-refractivity contribution in [3.05, 3.63) is 53.3 Å². The van der Waals surface area contributed by atoms with Gasteiger partial charge in [-0.15, -0.1) is 0 Å². The van der Waals surface area contributed by atoms with Crippen molar-refractivity contribution in [3.63, 3.8) is 0 Å². The van der Waals surface area contributed by atoms with Crippen molar-refractivity contribution in [2.45, 2.75) is 49.7 Å². The second-order valence-corrected chi connectivity index (χ2v) is 13.3. The summed E-state index contributed by atoms with van der Waals surface area (Å²) in [6.45, 7) is 1.10. The van der Waals surface area contributed by atoms with Gasteiger partial charge in [-0.25, -0.2) is 4.39 Å². The van der Waals surface area contributed by atoms with E-state index in [1.807, 2.05) is 29.7 Å². The van der Waals surface area contributed by atoms with Gasteiger partial charge in [0.15, 0.2) is 5.25 Å². The predicted molar refractivity (Wildman–Crippen MR) is 153 cm³/mol. The van der Waals surface area contributed by atoms with Crippen LogP contribution in [0.5, 0.6) is 0 Å². The lowest BCUT2D eigenvalue weighted by molar-refractivity contribution is 0.0964. The Morgan fingerprint density at radius 2 is 1.89 bits per heavy atom. The van der Waals surface area contributed by atoms with Crippen LogP contribution < -0.4 is 9.62 Å². The van der Waals surface area contributed by atoms with Gasteiger partial charge in [0.25, 0.3) is 16.3 Å². The quantitative estimate of drug-likeness (QED) is 0.260. The molecule has 0 radical (unpaired) electrons. The number of benzene rings is 2. The summed E-state index contributed by atoms with van der Waals surface area (Å²) in [6.07, 6.45) is 7.33. The van der Waals surface area contributed by atoms with Crippen LogP contribution in [0.1, 0.15) is 60.4 Å². The molecule has 2 atom stereocenters.